The molecule has 0 atom stereocenters. The molecule has 2 nitrogen and oxygen atoms in total. The van der Waals surface area contributed by atoms with E-state index in [2.05, 4.69) is 5.10 Å². The highest BCUT2D eigenvalue weighted by Gasteiger charge is 2.30. The zero-order valence-electron chi connectivity index (χ0n) is 12.2. The van der Waals surface area contributed by atoms with Crippen molar-refractivity contribution >= 4 is 23.2 Å². The van der Waals surface area contributed by atoms with Crippen molar-refractivity contribution in [2.75, 3.05) is 0 Å². The average Bonchev–Trinajstić information content (AvgIpc) is 2.98. The van der Waals surface area contributed by atoms with Gasteiger partial charge in [-0.2, -0.15) is 18.3 Å². The van der Waals surface area contributed by atoms with E-state index in [1.54, 1.807) is 29.1 Å². The topological polar surface area (TPSA) is 17.8 Å². The molecule has 0 unspecified atom stereocenters. The molecule has 0 amide bonds. The number of hydrogen-bond donors (Lipinski definition) is 0. The molecule has 0 bridgehead atoms. The largest absolute Gasteiger partial charge is 0.416 e. The Morgan fingerprint density at radius 3 is 2.25 bits per heavy atom. The minimum Gasteiger partial charge on any atom is -0.260 e. The van der Waals surface area contributed by atoms with Crippen LogP contribution in [-0.4, -0.2) is 9.78 Å². The number of nitrogens with zero attached hydrogens (tertiary/aromatic N) is 2. The lowest BCUT2D eigenvalue weighted by atomic mass is 10.1. The van der Waals surface area contributed by atoms with Crippen LogP contribution < -0.4 is 0 Å². The normalized spacial score (nSPS) is 11.7. The summed E-state index contributed by atoms with van der Waals surface area (Å²) in [4.78, 5) is 0. The number of hydrogen-bond acceptors (Lipinski definition) is 1. The Morgan fingerprint density at radius 2 is 1.62 bits per heavy atom. The Bertz CT molecular complexity index is 855. The van der Waals surface area contributed by atoms with Crippen molar-refractivity contribution in [3.8, 4) is 11.3 Å². The molecule has 0 radical (unpaired) electrons. The first-order chi connectivity index (χ1) is 11.3. The Labute approximate surface area is 146 Å². The number of aromatic nitrogens is 2. The van der Waals surface area contributed by atoms with Gasteiger partial charge in [-0.05, 0) is 41.5 Å². The molecular weight excluding hydrogens is 360 g/mol. The highest BCUT2D eigenvalue weighted by Crippen LogP contribution is 2.31. The fraction of sp³-hybridized carbons (Fsp3) is 0.118. The third-order valence-electron chi connectivity index (χ3n) is 3.54. The van der Waals surface area contributed by atoms with Crippen molar-refractivity contribution < 1.29 is 13.2 Å². The lowest BCUT2D eigenvalue weighted by Crippen LogP contribution is -2.05. The number of benzene rings is 2. The molecule has 0 saturated carbocycles. The molecule has 1 aromatic heterocycles. The van der Waals surface area contributed by atoms with Gasteiger partial charge < -0.3 is 0 Å². The van der Waals surface area contributed by atoms with Crippen LogP contribution in [0.15, 0.2) is 54.7 Å². The highest BCUT2D eigenvalue weighted by atomic mass is 35.5. The second kappa shape index (κ2) is 6.49. The average molecular weight is 371 g/mol. The van der Waals surface area contributed by atoms with E-state index in [-0.39, 0.29) is 0 Å². The highest BCUT2D eigenvalue weighted by molar-refractivity contribution is 6.42. The minimum absolute atomic E-state index is 0.431. The monoisotopic (exact) mass is 370 g/mol. The van der Waals surface area contributed by atoms with Crippen LogP contribution in [0.4, 0.5) is 13.2 Å². The fourth-order valence-corrected chi connectivity index (χ4v) is 2.67. The third kappa shape index (κ3) is 3.57. The molecule has 0 aliphatic heterocycles. The van der Waals surface area contributed by atoms with Crippen LogP contribution in [0.3, 0.4) is 0 Å². The van der Waals surface area contributed by atoms with Crippen molar-refractivity contribution in [1.82, 2.24) is 9.78 Å². The van der Waals surface area contributed by atoms with Crippen molar-refractivity contribution in [1.29, 1.82) is 0 Å². The summed E-state index contributed by atoms with van der Waals surface area (Å²) in [7, 11) is 0. The summed E-state index contributed by atoms with van der Waals surface area (Å²) < 4.78 is 39.7. The maximum absolute atomic E-state index is 12.7. The van der Waals surface area contributed by atoms with Crippen molar-refractivity contribution in [2.45, 2.75) is 12.7 Å². The zero-order chi connectivity index (χ0) is 17.3. The number of rotatable bonds is 3. The number of halogens is 5. The fourth-order valence-electron chi connectivity index (χ4n) is 2.34. The molecule has 0 aliphatic carbocycles. The van der Waals surface area contributed by atoms with Gasteiger partial charge in [0.25, 0.3) is 0 Å². The van der Waals surface area contributed by atoms with Gasteiger partial charge in [-0.15, -0.1) is 0 Å². The third-order valence-corrected chi connectivity index (χ3v) is 4.28. The van der Waals surface area contributed by atoms with Crippen LogP contribution in [0.5, 0.6) is 0 Å². The van der Waals surface area contributed by atoms with Crippen LogP contribution in [-0.2, 0) is 12.7 Å². The first-order valence-electron chi connectivity index (χ1n) is 6.98. The van der Waals surface area contributed by atoms with Gasteiger partial charge in [-0.1, -0.05) is 41.4 Å². The van der Waals surface area contributed by atoms with Gasteiger partial charge in [0.15, 0.2) is 0 Å². The Balaban J connectivity index is 1.88. The summed E-state index contributed by atoms with van der Waals surface area (Å²) in [6.45, 7) is 0.431. The first kappa shape index (κ1) is 16.9. The van der Waals surface area contributed by atoms with E-state index in [1.807, 2.05) is 6.07 Å². The standard InChI is InChI=1S/C17H11Cl2F3N2/c18-14-6-1-11(9-15(14)19)10-24-16(7-8-23-24)12-2-4-13(5-3-12)17(20,21)22/h1-9H,10H2. The van der Waals surface area contributed by atoms with E-state index < -0.39 is 11.7 Å². The molecule has 124 valence electrons. The molecule has 1 heterocycles. The van der Waals surface area contributed by atoms with E-state index in [0.717, 1.165) is 23.4 Å². The van der Waals surface area contributed by atoms with Gasteiger partial charge in [-0.3, -0.25) is 4.68 Å². The van der Waals surface area contributed by atoms with Crippen molar-refractivity contribution in [3.63, 3.8) is 0 Å². The molecule has 24 heavy (non-hydrogen) atoms. The van der Waals surface area contributed by atoms with Gasteiger partial charge >= 0.3 is 6.18 Å². The van der Waals surface area contributed by atoms with Crippen LogP contribution in [0.1, 0.15) is 11.1 Å². The summed E-state index contributed by atoms with van der Waals surface area (Å²) in [6.07, 6.45) is -2.75. The molecule has 0 fully saturated rings. The quantitative estimate of drug-likeness (QED) is 0.559. The predicted octanol–water partition coefficient (Wildman–Crippen LogP) is 5.92. The van der Waals surface area contributed by atoms with E-state index >= 15 is 0 Å². The van der Waals surface area contributed by atoms with Gasteiger partial charge in [0.05, 0.1) is 27.8 Å². The van der Waals surface area contributed by atoms with Crippen LogP contribution in [0, 0.1) is 0 Å². The van der Waals surface area contributed by atoms with Crippen molar-refractivity contribution in [3.05, 3.63) is 75.9 Å². The summed E-state index contributed by atoms with van der Waals surface area (Å²) in [5.74, 6) is 0. The SMILES string of the molecule is FC(F)(F)c1ccc(-c2ccnn2Cc2ccc(Cl)c(Cl)c2)cc1. The zero-order valence-corrected chi connectivity index (χ0v) is 13.7. The Kier molecular flexibility index (Phi) is 4.56. The molecule has 3 rings (SSSR count). The summed E-state index contributed by atoms with van der Waals surface area (Å²) in [5.41, 5.74) is 1.58. The molecule has 0 N–H and O–H groups in total. The van der Waals surface area contributed by atoms with E-state index in [9.17, 15) is 13.2 Å². The summed E-state index contributed by atoms with van der Waals surface area (Å²) >= 11 is 11.9. The van der Waals surface area contributed by atoms with Gasteiger partial charge in [0, 0.05) is 6.20 Å². The predicted molar refractivity (Wildman–Crippen MR) is 88.2 cm³/mol. The van der Waals surface area contributed by atoms with Gasteiger partial charge in [0.1, 0.15) is 0 Å². The smallest absolute Gasteiger partial charge is 0.260 e. The minimum atomic E-state index is -4.35. The van der Waals surface area contributed by atoms with Crippen LogP contribution in [0.2, 0.25) is 10.0 Å². The van der Waals surface area contributed by atoms with Crippen LogP contribution in [0.25, 0.3) is 11.3 Å². The number of alkyl halides is 3. The lowest BCUT2D eigenvalue weighted by Gasteiger charge is -2.10. The Hall–Kier alpha value is -1.98. The summed E-state index contributed by atoms with van der Waals surface area (Å²) in [5, 5.41) is 5.13. The molecule has 2 aromatic carbocycles. The maximum atomic E-state index is 12.7. The van der Waals surface area contributed by atoms with Crippen molar-refractivity contribution in [2.24, 2.45) is 0 Å². The van der Waals surface area contributed by atoms with E-state index in [1.165, 1.54) is 12.1 Å². The molecule has 3 aromatic rings. The molecule has 0 spiro atoms. The molecular formula is C17H11Cl2F3N2. The second-order valence-corrected chi connectivity index (χ2v) is 6.01. The molecule has 0 aliphatic rings. The molecule has 7 heteroatoms. The van der Waals surface area contributed by atoms with E-state index in [4.69, 9.17) is 23.2 Å². The molecule has 0 saturated heterocycles. The maximum Gasteiger partial charge on any atom is 0.416 e. The van der Waals surface area contributed by atoms with Gasteiger partial charge in [0.2, 0.25) is 0 Å². The summed E-state index contributed by atoms with van der Waals surface area (Å²) in [6, 6.07) is 12.0. The van der Waals surface area contributed by atoms with Crippen LogP contribution >= 0.6 is 23.2 Å². The van der Waals surface area contributed by atoms with Gasteiger partial charge in [-0.25, -0.2) is 0 Å². The van der Waals surface area contributed by atoms with E-state index in [0.29, 0.717) is 22.2 Å². The second-order valence-electron chi connectivity index (χ2n) is 5.20. The lowest BCUT2D eigenvalue weighted by molar-refractivity contribution is -0.137. The Morgan fingerprint density at radius 1 is 0.917 bits per heavy atom. The first-order valence-corrected chi connectivity index (χ1v) is 7.73.